The minimum Gasteiger partial charge on any atom is -0.397 e. The number of hydrogen-bond donors (Lipinski definition) is 1. The summed E-state index contributed by atoms with van der Waals surface area (Å²) in [7, 11) is 0. The van der Waals surface area contributed by atoms with E-state index in [9.17, 15) is 0 Å². The summed E-state index contributed by atoms with van der Waals surface area (Å²) in [6.07, 6.45) is 6.03. The zero-order chi connectivity index (χ0) is 13.7. The lowest BCUT2D eigenvalue weighted by Gasteiger charge is -2.10. The fourth-order valence-electron chi connectivity index (χ4n) is 2.58. The van der Waals surface area contributed by atoms with Crippen LogP contribution in [-0.2, 0) is 0 Å². The first kappa shape index (κ1) is 11.9. The molecule has 0 spiro atoms. The smallest absolute Gasteiger partial charge is 0.143 e. The van der Waals surface area contributed by atoms with Crippen LogP contribution >= 0.6 is 15.9 Å². The minimum absolute atomic E-state index is 0.538. The molecule has 1 saturated carbocycles. The number of nitrogens with zero attached hydrogens (tertiary/aromatic N) is 3. The molecule has 4 rings (SSSR count). The van der Waals surface area contributed by atoms with Crippen molar-refractivity contribution < 1.29 is 0 Å². The third-order valence-corrected chi connectivity index (χ3v) is 4.39. The predicted octanol–water partition coefficient (Wildman–Crippen LogP) is 3.78. The molecule has 0 radical (unpaired) electrons. The first-order chi connectivity index (χ1) is 9.75. The van der Waals surface area contributed by atoms with E-state index in [0.717, 1.165) is 32.6 Å². The van der Waals surface area contributed by atoms with Crippen LogP contribution in [0, 0.1) is 0 Å². The van der Waals surface area contributed by atoms with Crippen LogP contribution in [-0.4, -0.2) is 14.5 Å². The molecule has 1 aliphatic carbocycles. The maximum Gasteiger partial charge on any atom is 0.143 e. The monoisotopic (exact) mass is 328 g/mol. The average Bonchev–Trinajstić information content (AvgIpc) is 3.22. The van der Waals surface area contributed by atoms with E-state index in [0.29, 0.717) is 6.04 Å². The molecular weight excluding hydrogens is 316 g/mol. The van der Waals surface area contributed by atoms with E-state index in [1.807, 2.05) is 36.7 Å². The van der Waals surface area contributed by atoms with E-state index >= 15 is 0 Å². The number of aromatic nitrogens is 3. The number of halogens is 1. The number of para-hydroxylation sites is 1. The van der Waals surface area contributed by atoms with Gasteiger partial charge in [-0.2, -0.15) is 0 Å². The topological polar surface area (TPSA) is 56.7 Å². The number of hydrogen-bond acceptors (Lipinski definition) is 3. The van der Waals surface area contributed by atoms with E-state index in [1.165, 1.54) is 12.8 Å². The molecule has 0 amide bonds. The number of benzene rings is 1. The van der Waals surface area contributed by atoms with Crippen LogP contribution in [0.25, 0.3) is 22.4 Å². The fraction of sp³-hybridized carbons (Fsp3) is 0.200. The Kier molecular flexibility index (Phi) is 2.57. The van der Waals surface area contributed by atoms with Gasteiger partial charge in [-0.15, -0.1) is 0 Å². The molecule has 0 bridgehead atoms. The normalized spacial score (nSPS) is 14.8. The Morgan fingerprint density at radius 2 is 2.10 bits per heavy atom. The van der Waals surface area contributed by atoms with Gasteiger partial charge in [0.25, 0.3) is 0 Å². The number of pyridine rings is 1. The van der Waals surface area contributed by atoms with Crippen molar-refractivity contribution in [3.8, 4) is 11.4 Å². The molecule has 4 nitrogen and oxygen atoms in total. The van der Waals surface area contributed by atoms with Crippen LogP contribution in [0.4, 0.5) is 5.69 Å². The van der Waals surface area contributed by atoms with E-state index < -0.39 is 0 Å². The van der Waals surface area contributed by atoms with Gasteiger partial charge in [0.1, 0.15) is 11.3 Å². The van der Waals surface area contributed by atoms with Crippen molar-refractivity contribution in [1.29, 1.82) is 0 Å². The molecule has 5 heteroatoms. The van der Waals surface area contributed by atoms with E-state index in [2.05, 4.69) is 25.5 Å². The lowest BCUT2D eigenvalue weighted by Crippen LogP contribution is -2.00. The summed E-state index contributed by atoms with van der Waals surface area (Å²) in [5.74, 6) is 0.939. The molecule has 100 valence electrons. The predicted molar refractivity (Wildman–Crippen MR) is 83.3 cm³/mol. The van der Waals surface area contributed by atoms with Gasteiger partial charge in [0.15, 0.2) is 0 Å². The second-order valence-corrected chi connectivity index (χ2v) is 5.96. The van der Waals surface area contributed by atoms with Crippen LogP contribution in [0.2, 0.25) is 0 Å². The molecule has 0 aliphatic heterocycles. The molecular formula is C15H13BrN4. The van der Waals surface area contributed by atoms with Crippen molar-refractivity contribution in [2.45, 2.75) is 18.9 Å². The number of fused-ring (bicyclic) bond motifs is 1. The lowest BCUT2D eigenvalue weighted by molar-refractivity contribution is 0.775. The van der Waals surface area contributed by atoms with Gasteiger partial charge in [-0.1, -0.05) is 6.07 Å². The Labute approximate surface area is 124 Å². The third kappa shape index (κ3) is 1.73. The first-order valence-electron chi connectivity index (χ1n) is 6.62. The van der Waals surface area contributed by atoms with E-state index in [1.54, 1.807) is 0 Å². The van der Waals surface area contributed by atoms with Crippen molar-refractivity contribution in [2.75, 3.05) is 5.73 Å². The Morgan fingerprint density at radius 1 is 1.25 bits per heavy atom. The number of nitrogens with two attached hydrogens (primary N) is 1. The van der Waals surface area contributed by atoms with E-state index in [4.69, 9.17) is 10.7 Å². The number of imidazole rings is 1. The van der Waals surface area contributed by atoms with Gasteiger partial charge < -0.3 is 10.3 Å². The van der Waals surface area contributed by atoms with Crippen molar-refractivity contribution >= 4 is 32.7 Å². The fourth-order valence-corrected chi connectivity index (χ4v) is 2.94. The summed E-state index contributed by atoms with van der Waals surface area (Å²) in [5.41, 5.74) is 9.98. The van der Waals surface area contributed by atoms with Gasteiger partial charge in [0, 0.05) is 22.3 Å². The molecule has 3 aromatic rings. The molecule has 0 unspecified atom stereocenters. The second-order valence-electron chi connectivity index (χ2n) is 5.10. The van der Waals surface area contributed by atoms with Gasteiger partial charge >= 0.3 is 0 Å². The quantitative estimate of drug-likeness (QED) is 0.728. The van der Waals surface area contributed by atoms with Crippen molar-refractivity contribution in [3.05, 3.63) is 41.1 Å². The molecule has 2 N–H and O–H groups in total. The zero-order valence-electron chi connectivity index (χ0n) is 10.8. The number of rotatable bonds is 2. The second kappa shape index (κ2) is 4.31. The Morgan fingerprint density at radius 3 is 2.90 bits per heavy atom. The summed E-state index contributed by atoms with van der Waals surface area (Å²) >= 11 is 3.49. The molecule has 1 aromatic carbocycles. The van der Waals surface area contributed by atoms with Gasteiger partial charge in [-0.05, 0) is 47.0 Å². The maximum absolute atomic E-state index is 6.21. The highest BCUT2D eigenvalue weighted by Crippen LogP contribution is 2.42. The minimum atomic E-state index is 0.538. The Balaban J connectivity index is 2.04. The van der Waals surface area contributed by atoms with Crippen LogP contribution in [0.1, 0.15) is 18.9 Å². The largest absolute Gasteiger partial charge is 0.397 e. The molecule has 1 fully saturated rings. The lowest BCUT2D eigenvalue weighted by atomic mass is 10.1. The van der Waals surface area contributed by atoms with Gasteiger partial charge in [0.2, 0.25) is 0 Å². The molecule has 0 saturated heterocycles. The van der Waals surface area contributed by atoms with Crippen LogP contribution in [0.15, 0.2) is 41.1 Å². The summed E-state index contributed by atoms with van der Waals surface area (Å²) < 4.78 is 3.21. The highest BCUT2D eigenvalue weighted by molar-refractivity contribution is 9.10. The molecule has 0 atom stereocenters. The summed E-state index contributed by atoms with van der Waals surface area (Å²) in [6, 6.07) is 8.52. The highest BCUT2D eigenvalue weighted by Gasteiger charge is 2.29. The SMILES string of the molecule is Nc1c(Br)cccc1-c1nc2cnccc2n1C1CC1. The van der Waals surface area contributed by atoms with E-state index in [-0.39, 0.29) is 0 Å². The highest BCUT2D eigenvalue weighted by atomic mass is 79.9. The summed E-state index contributed by atoms with van der Waals surface area (Å²) in [6.45, 7) is 0. The van der Waals surface area contributed by atoms with Crippen molar-refractivity contribution in [2.24, 2.45) is 0 Å². The Bertz CT molecular complexity index is 805. The zero-order valence-corrected chi connectivity index (χ0v) is 12.3. The van der Waals surface area contributed by atoms with Crippen LogP contribution < -0.4 is 5.73 Å². The summed E-state index contributed by atoms with van der Waals surface area (Å²) in [5, 5.41) is 0. The van der Waals surface area contributed by atoms with Gasteiger partial charge in [0.05, 0.1) is 17.4 Å². The number of nitrogen functional groups attached to an aromatic ring is 1. The van der Waals surface area contributed by atoms with Gasteiger partial charge in [-0.3, -0.25) is 4.98 Å². The summed E-state index contributed by atoms with van der Waals surface area (Å²) in [4.78, 5) is 8.91. The van der Waals surface area contributed by atoms with Crippen LogP contribution in [0.3, 0.4) is 0 Å². The maximum atomic E-state index is 6.21. The van der Waals surface area contributed by atoms with Crippen LogP contribution in [0.5, 0.6) is 0 Å². The molecule has 2 heterocycles. The molecule has 2 aromatic heterocycles. The third-order valence-electron chi connectivity index (χ3n) is 3.70. The first-order valence-corrected chi connectivity index (χ1v) is 7.41. The average molecular weight is 329 g/mol. The van der Waals surface area contributed by atoms with Crippen molar-refractivity contribution in [3.63, 3.8) is 0 Å². The molecule has 1 aliphatic rings. The standard InChI is InChI=1S/C15H13BrN4/c16-11-3-1-2-10(14(11)17)15-19-12-8-18-7-6-13(12)20(15)9-4-5-9/h1-3,6-9H,4-5,17H2. The number of anilines is 1. The molecule has 20 heavy (non-hydrogen) atoms. The Hall–Kier alpha value is -1.88. The van der Waals surface area contributed by atoms with Gasteiger partial charge in [-0.25, -0.2) is 4.98 Å². The van der Waals surface area contributed by atoms with Crippen molar-refractivity contribution in [1.82, 2.24) is 14.5 Å².